The largest absolute Gasteiger partial charge is 0.353 e. The molecule has 0 aliphatic carbocycles. The molecule has 2 fully saturated rings. The van der Waals surface area contributed by atoms with Crippen molar-refractivity contribution < 1.29 is 9.59 Å². The van der Waals surface area contributed by atoms with Crippen LogP contribution in [0.4, 0.5) is 5.69 Å². The van der Waals surface area contributed by atoms with Gasteiger partial charge in [0.2, 0.25) is 11.8 Å². The minimum atomic E-state index is -0.110. The Morgan fingerprint density at radius 3 is 3.04 bits per heavy atom. The number of carbonyl (C=O) groups excluding carboxylic acids is 2. The molecule has 1 aromatic rings. The van der Waals surface area contributed by atoms with Gasteiger partial charge in [-0.05, 0) is 30.9 Å². The van der Waals surface area contributed by atoms with Gasteiger partial charge in [0.05, 0.1) is 6.04 Å². The van der Waals surface area contributed by atoms with E-state index in [2.05, 4.69) is 16.3 Å². The lowest BCUT2D eigenvalue weighted by Gasteiger charge is -2.37. The number of nitrogens with zero attached hydrogens (tertiary/aromatic N) is 2. The molecule has 2 saturated heterocycles. The number of amides is 2. The molecule has 0 radical (unpaired) electrons. The zero-order valence-corrected chi connectivity index (χ0v) is 13.8. The fraction of sp³-hybridized carbons (Fsp3) is 0.556. The number of nitrogens with one attached hydrogen (secondary N) is 1. The molecule has 3 heterocycles. The summed E-state index contributed by atoms with van der Waals surface area (Å²) >= 11 is 0. The first-order valence-electron chi connectivity index (χ1n) is 8.81. The lowest BCUT2D eigenvalue weighted by atomic mass is 10.0. The van der Waals surface area contributed by atoms with Crippen molar-refractivity contribution in [2.24, 2.45) is 5.73 Å². The van der Waals surface area contributed by atoms with Crippen molar-refractivity contribution in [2.75, 3.05) is 24.5 Å². The van der Waals surface area contributed by atoms with E-state index in [0.29, 0.717) is 13.0 Å². The lowest BCUT2D eigenvalue weighted by Crippen LogP contribution is -2.58. The number of nitrogens with two attached hydrogens (primary N) is 1. The molecular formula is C18H24N4O2. The maximum atomic E-state index is 12.7. The molecule has 24 heavy (non-hydrogen) atoms. The molecule has 0 aromatic heterocycles. The Morgan fingerprint density at radius 2 is 2.17 bits per heavy atom. The van der Waals surface area contributed by atoms with E-state index in [1.54, 1.807) is 0 Å². The second-order valence-corrected chi connectivity index (χ2v) is 7.07. The summed E-state index contributed by atoms with van der Waals surface area (Å²) in [6.45, 7) is 2.15. The van der Waals surface area contributed by atoms with Gasteiger partial charge in [-0.1, -0.05) is 18.2 Å². The second-order valence-electron chi connectivity index (χ2n) is 7.07. The summed E-state index contributed by atoms with van der Waals surface area (Å²) in [6, 6.07) is 8.28. The number of carbonyl (C=O) groups is 2. The van der Waals surface area contributed by atoms with Crippen LogP contribution in [-0.2, 0) is 16.0 Å². The van der Waals surface area contributed by atoms with Crippen molar-refractivity contribution in [3.63, 3.8) is 0 Å². The van der Waals surface area contributed by atoms with Crippen LogP contribution >= 0.6 is 0 Å². The van der Waals surface area contributed by atoms with E-state index in [4.69, 9.17) is 5.73 Å². The van der Waals surface area contributed by atoms with Gasteiger partial charge in [-0.3, -0.25) is 14.5 Å². The number of fused-ring (bicyclic) bond motifs is 2. The zero-order chi connectivity index (χ0) is 16.7. The predicted molar refractivity (Wildman–Crippen MR) is 91.6 cm³/mol. The molecule has 3 N–H and O–H groups in total. The fourth-order valence-electron chi connectivity index (χ4n) is 4.30. The number of anilines is 1. The van der Waals surface area contributed by atoms with Gasteiger partial charge in [-0.2, -0.15) is 0 Å². The third kappa shape index (κ3) is 2.70. The van der Waals surface area contributed by atoms with Crippen LogP contribution in [0.25, 0.3) is 0 Å². The van der Waals surface area contributed by atoms with Crippen molar-refractivity contribution in [1.29, 1.82) is 0 Å². The Bertz CT molecular complexity index is 662. The average Bonchev–Trinajstić information content (AvgIpc) is 3.18. The van der Waals surface area contributed by atoms with Crippen LogP contribution in [0.5, 0.6) is 0 Å². The van der Waals surface area contributed by atoms with E-state index < -0.39 is 0 Å². The SMILES string of the molecule is N[C@H]1C[C@H]2C(=O)NC[C@@H](CCC(=O)N3CCc4ccccc43)N2C1. The highest BCUT2D eigenvalue weighted by Gasteiger charge is 2.42. The number of para-hydroxylation sites is 1. The van der Waals surface area contributed by atoms with Crippen LogP contribution < -0.4 is 16.0 Å². The Kier molecular flexibility index (Phi) is 4.02. The van der Waals surface area contributed by atoms with Crippen molar-refractivity contribution in [3.05, 3.63) is 29.8 Å². The van der Waals surface area contributed by atoms with Gasteiger partial charge in [-0.15, -0.1) is 0 Å². The molecule has 0 bridgehead atoms. The molecule has 0 unspecified atom stereocenters. The third-order valence-electron chi connectivity index (χ3n) is 5.53. The normalized spacial score (nSPS) is 29.3. The van der Waals surface area contributed by atoms with Crippen LogP contribution in [0.2, 0.25) is 0 Å². The lowest BCUT2D eigenvalue weighted by molar-refractivity contribution is -0.129. The first kappa shape index (κ1) is 15.6. The first-order chi connectivity index (χ1) is 11.6. The predicted octanol–water partition coefficient (Wildman–Crippen LogP) is 0.256. The second kappa shape index (κ2) is 6.18. The Labute approximate surface area is 142 Å². The molecule has 6 heteroatoms. The maximum absolute atomic E-state index is 12.7. The Morgan fingerprint density at radius 1 is 1.33 bits per heavy atom. The molecule has 3 aliphatic rings. The van der Waals surface area contributed by atoms with Crippen molar-refractivity contribution >= 4 is 17.5 Å². The summed E-state index contributed by atoms with van der Waals surface area (Å²) in [6.07, 6.45) is 2.93. The zero-order valence-electron chi connectivity index (χ0n) is 13.8. The molecule has 4 rings (SSSR count). The van der Waals surface area contributed by atoms with Gasteiger partial charge in [0, 0.05) is 43.8 Å². The summed E-state index contributed by atoms with van der Waals surface area (Å²) in [5.41, 5.74) is 8.34. The van der Waals surface area contributed by atoms with Crippen molar-refractivity contribution in [2.45, 2.75) is 43.8 Å². The molecular weight excluding hydrogens is 304 g/mol. The van der Waals surface area contributed by atoms with Crippen molar-refractivity contribution in [1.82, 2.24) is 10.2 Å². The molecule has 3 aliphatic heterocycles. The molecule has 3 atom stereocenters. The number of rotatable bonds is 3. The highest BCUT2D eigenvalue weighted by atomic mass is 16.2. The maximum Gasteiger partial charge on any atom is 0.237 e. The van der Waals surface area contributed by atoms with Crippen molar-refractivity contribution in [3.8, 4) is 0 Å². The first-order valence-corrected chi connectivity index (χ1v) is 8.81. The monoisotopic (exact) mass is 328 g/mol. The van der Waals surface area contributed by atoms with E-state index >= 15 is 0 Å². The third-order valence-corrected chi connectivity index (χ3v) is 5.53. The Hall–Kier alpha value is -1.92. The summed E-state index contributed by atoms with van der Waals surface area (Å²) in [5.74, 6) is 0.260. The van der Waals surface area contributed by atoms with E-state index in [1.807, 2.05) is 23.1 Å². The van der Waals surface area contributed by atoms with Crippen LogP contribution in [0, 0.1) is 0 Å². The van der Waals surface area contributed by atoms with Gasteiger partial charge in [-0.25, -0.2) is 0 Å². The fourth-order valence-corrected chi connectivity index (χ4v) is 4.30. The molecule has 0 spiro atoms. The van der Waals surface area contributed by atoms with Gasteiger partial charge in [0.25, 0.3) is 0 Å². The standard InChI is InChI=1S/C18H24N4O2/c19-13-9-16-18(24)20-10-14(22(16)11-13)5-6-17(23)21-8-7-12-3-1-2-4-15(12)21/h1-4,13-14,16H,5-11,19H2,(H,20,24)/t13-,14+,16-/m0/s1. The summed E-state index contributed by atoms with van der Waals surface area (Å²) in [7, 11) is 0. The van der Waals surface area contributed by atoms with Crippen LogP contribution in [0.1, 0.15) is 24.8 Å². The van der Waals surface area contributed by atoms with Gasteiger partial charge in [0.15, 0.2) is 0 Å². The topological polar surface area (TPSA) is 78.7 Å². The van der Waals surface area contributed by atoms with Gasteiger partial charge >= 0.3 is 0 Å². The van der Waals surface area contributed by atoms with E-state index in [0.717, 1.165) is 38.0 Å². The summed E-state index contributed by atoms with van der Waals surface area (Å²) in [5, 5.41) is 2.97. The average molecular weight is 328 g/mol. The van der Waals surface area contributed by atoms with Gasteiger partial charge in [0.1, 0.15) is 0 Å². The number of hydrogen-bond acceptors (Lipinski definition) is 4. The molecule has 0 saturated carbocycles. The summed E-state index contributed by atoms with van der Waals surface area (Å²) in [4.78, 5) is 28.7. The quantitative estimate of drug-likeness (QED) is 0.834. The molecule has 128 valence electrons. The number of hydrogen-bond donors (Lipinski definition) is 2. The van der Waals surface area contributed by atoms with Crippen LogP contribution in [0.3, 0.4) is 0 Å². The van der Waals surface area contributed by atoms with Gasteiger partial charge < -0.3 is 16.0 Å². The molecule has 2 amide bonds. The van der Waals surface area contributed by atoms with Crippen LogP contribution in [-0.4, -0.2) is 54.5 Å². The number of benzene rings is 1. The minimum absolute atomic E-state index is 0.0579. The minimum Gasteiger partial charge on any atom is -0.353 e. The van der Waals surface area contributed by atoms with E-state index in [1.165, 1.54) is 5.56 Å². The smallest absolute Gasteiger partial charge is 0.237 e. The number of piperazine rings is 1. The Balaban J connectivity index is 1.39. The van der Waals surface area contributed by atoms with E-state index in [-0.39, 0.29) is 29.9 Å². The summed E-state index contributed by atoms with van der Waals surface area (Å²) < 4.78 is 0. The molecule has 6 nitrogen and oxygen atoms in total. The van der Waals surface area contributed by atoms with Crippen LogP contribution in [0.15, 0.2) is 24.3 Å². The highest BCUT2D eigenvalue weighted by molar-refractivity contribution is 5.95. The molecule has 1 aromatic carbocycles. The highest BCUT2D eigenvalue weighted by Crippen LogP contribution is 2.29. The van der Waals surface area contributed by atoms with E-state index in [9.17, 15) is 9.59 Å².